The lowest BCUT2D eigenvalue weighted by Gasteiger charge is -2.12. The molecule has 0 aliphatic heterocycles. The number of aromatic nitrogens is 3. The highest BCUT2D eigenvalue weighted by atomic mass is 16.5. The van der Waals surface area contributed by atoms with Gasteiger partial charge in [0.25, 0.3) is 0 Å². The Hall–Kier alpha value is -2.40. The van der Waals surface area contributed by atoms with Crippen molar-refractivity contribution in [3.8, 4) is 0 Å². The fourth-order valence-corrected chi connectivity index (χ4v) is 2.21. The molecule has 1 aromatic carbocycles. The monoisotopic (exact) mass is 268 g/mol. The summed E-state index contributed by atoms with van der Waals surface area (Å²) < 4.78 is 5.57. The standard InChI is InChI=1S/C15H16N4O/c1-16-12-9-8-11-14(18-12)19-15(17-11)13(20-2)10-6-4-3-5-7-10/h3-9,13H,1-2H3,(H2,16,17,18,19). The second-order valence-electron chi connectivity index (χ2n) is 4.47. The Balaban J connectivity index is 2.04. The van der Waals surface area contributed by atoms with Crippen molar-refractivity contribution < 1.29 is 4.74 Å². The van der Waals surface area contributed by atoms with Gasteiger partial charge >= 0.3 is 0 Å². The molecular weight excluding hydrogens is 252 g/mol. The third-order valence-electron chi connectivity index (χ3n) is 3.21. The number of hydrogen-bond donors (Lipinski definition) is 2. The summed E-state index contributed by atoms with van der Waals surface area (Å²) in [6, 6.07) is 13.9. The molecular formula is C15H16N4O. The molecule has 0 fully saturated rings. The molecule has 102 valence electrons. The molecule has 0 saturated heterocycles. The number of aromatic amines is 1. The van der Waals surface area contributed by atoms with E-state index < -0.39 is 0 Å². The van der Waals surface area contributed by atoms with Gasteiger partial charge in [-0.25, -0.2) is 9.97 Å². The molecule has 2 heterocycles. The summed E-state index contributed by atoms with van der Waals surface area (Å²) in [7, 11) is 3.51. The Labute approximate surface area is 117 Å². The maximum Gasteiger partial charge on any atom is 0.179 e. The number of methoxy groups -OCH3 is 1. The van der Waals surface area contributed by atoms with Crippen molar-refractivity contribution in [2.75, 3.05) is 19.5 Å². The lowest BCUT2D eigenvalue weighted by atomic mass is 10.1. The summed E-state index contributed by atoms with van der Waals surface area (Å²) in [4.78, 5) is 12.2. The number of benzene rings is 1. The van der Waals surface area contributed by atoms with Crippen LogP contribution in [0.1, 0.15) is 17.5 Å². The number of pyridine rings is 1. The molecule has 0 saturated carbocycles. The average Bonchev–Trinajstić information content (AvgIpc) is 2.91. The van der Waals surface area contributed by atoms with Crippen LogP contribution < -0.4 is 5.32 Å². The van der Waals surface area contributed by atoms with Crippen LogP contribution in [0.25, 0.3) is 11.2 Å². The predicted octanol–water partition coefficient (Wildman–Crippen LogP) is 2.74. The lowest BCUT2D eigenvalue weighted by molar-refractivity contribution is 0.130. The second-order valence-corrected chi connectivity index (χ2v) is 4.47. The van der Waals surface area contributed by atoms with Gasteiger partial charge in [-0.3, -0.25) is 0 Å². The topological polar surface area (TPSA) is 62.8 Å². The van der Waals surface area contributed by atoms with Gasteiger partial charge < -0.3 is 15.0 Å². The average molecular weight is 268 g/mol. The fourth-order valence-electron chi connectivity index (χ4n) is 2.21. The van der Waals surface area contributed by atoms with E-state index in [0.29, 0.717) is 5.65 Å². The summed E-state index contributed by atoms with van der Waals surface area (Å²) >= 11 is 0. The number of hydrogen-bond acceptors (Lipinski definition) is 4. The molecule has 2 N–H and O–H groups in total. The summed E-state index contributed by atoms with van der Waals surface area (Å²) in [6.45, 7) is 0. The van der Waals surface area contributed by atoms with E-state index in [0.717, 1.165) is 22.7 Å². The van der Waals surface area contributed by atoms with Gasteiger partial charge in [0.05, 0.1) is 5.52 Å². The molecule has 2 aromatic heterocycles. The first-order valence-electron chi connectivity index (χ1n) is 6.44. The Morgan fingerprint density at radius 1 is 1.10 bits per heavy atom. The van der Waals surface area contributed by atoms with Crippen LogP contribution in [0.5, 0.6) is 0 Å². The van der Waals surface area contributed by atoms with Crippen LogP contribution in [-0.4, -0.2) is 29.1 Å². The first-order chi connectivity index (χ1) is 9.81. The second kappa shape index (κ2) is 5.30. The molecule has 0 radical (unpaired) electrons. The number of ether oxygens (including phenoxy) is 1. The van der Waals surface area contributed by atoms with Crippen LogP contribution in [0.15, 0.2) is 42.5 Å². The van der Waals surface area contributed by atoms with Crippen molar-refractivity contribution >= 4 is 17.0 Å². The highest BCUT2D eigenvalue weighted by Gasteiger charge is 2.17. The van der Waals surface area contributed by atoms with Crippen molar-refractivity contribution in [3.63, 3.8) is 0 Å². The van der Waals surface area contributed by atoms with E-state index in [1.54, 1.807) is 7.11 Å². The molecule has 1 atom stereocenters. The highest BCUT2D eigenvalue weighted by molar-refractivity contribution is 5.73. The van der Waals surface area contributed by atoms with Gasteiger partial charge in [-0.05, 0) is 17.7 Å². The zero-order valence-electron chi connectivity index (χ0n) is 11.4. The first kappa shape index (κ1) is 12.6. The summed E-state index contributed by atoms with van der Waals surface area (Å²) in [6.07, 6.45) is -0.219. The number of nitrogens with one attached hydrogen (secondary N) is 2. The van der Waals surface area contributed by atoms with Gasteiger partial charge in [-0.2, -0.15) is 0 Å². The molecule has 0 amide bonds. The zero-order valence-corrected chi connectivity index (χ0v) is 11.4. The van der Waals surface area contributed by atoms with Crippen LogP contribution in [0.4, 0.5) is 5.82 Å². The van der Waals surface area contributed by atoms with Crippen molar-refractivity contribution in [2.24, 2.45) is 0 Å². The van der Waals surface area contributed by atoms with Crippen LogP contribution in [0.2, 0.25) is 0 Å². The largest absolute Gasteiger partial charge is 0.373 e. The van der Waals surface area contributed by atoms with Crippen LogP contribution in [0.3, 0.4) is 0 Å². The van der Waals surface area contributed by atoms with Gasteiger partial charge in [0.2, 0.25) is 0 Å². The smallest absolute Gasteiger partial charge is 0.179 e. The Bertz CT molecular complexity index is 708. The SMILES string of the molecule is CNc1ccc2[nH]c(C(OC)c3ccccc3)nc2n1. The van der Waals surface area contributed by atoms with E-state index in [9.17, 15) is 0 Å². The maximum atomic E-state index is 5.57. The number of fused-ring (bicyclic) bond motifs is 1. The van der Waals surface area contributed by atoms with Gasteiger partial charge in [0, 0.05) is 14.2 Å². The zero-order chi connectivity index (χ0) is 13.9. The number of H-pyrrole nitrogens is 1. The molecule has 0 bridgehead atoms. The Kier molecular flexibility index (Phi) is 3.35. The summed E-state index contributed by atoms with van der Waals surface area (Å²) in [5.74, 6) is 1.55. The first-order valence-corrected chi connectivity index (χ1v) is 6.44. The molecule has 5 heteroatoms. The fraction of sp³-hybridized carbons (Fsp3) is 0.200. The normalized spacial score (nSPS) is 12.5. The number of rotatable bonds is 4. The molecule has 1 unspecified atom stereocenters. The van der Waals surface area contributed by atoms with E-state index in [2.05, 4.69) is 20.3 Å². The minimum absolute atomic E-state index is 0.219. The molecule has 0 spiro atoms. The molecule has 3 rings (SSSR count). The molecule has 20 heavy (non-hydrogen) atoms. The maximum absolute atomic E-state index is 5.57. The molecule has 5 nitrogen and oxygen atoms in total. The number of anilines is 1. The van der Waals surface area contributed by atoms with Crippen LogP contribution in [0, 0.1) is 0 Å². The Morgan fingerprint density at radius 2 is 1.90 bits per heavy atom. The van der Waals surface area contributed by atoms with Crippen molar-refractivity contribution in [1.29, 1.82) is 0 Å². The summed E-state index contributed by atoms with van der Waals surface area (Å²) in [5.41, 5.74) is 2.64. The molecule has 0 aliphatic carbocycles. The van der Waals surface area contributed by atoms with E-state index in [1.807, 2.05) is 49.5 Å². The van der Waals surface area contributed by atoms with E-state index in [-0.39, 0.29) is 6.10 Å². The third-order valence-corrected chi connectivity index (χ3v) is 3.21. The van der Waals surface area contributed by atoms with Gasteiger partial charge in [-0.15, -0.1) is 0 Å². The Morgan fingerprint density at radius 3 is 2.60 bits per heavy atom. The van der Waals surface area contributed by atoms with Crippen molar-refractivity contribution in [1.82, 2.24) is 15.0 Å². The predicted molar refractivity (Wildman–Crippen MR) is 78.7 cm³/mol. The van der Waals surface area contributed by atoms with Gasteiger partial charge in [0.15, 0.2) is 5.65 Å². The van der Waals surface area contributed by atoms with Gasteiger partial charge in [-0.1, -0.05) is 30.3 Å². The molecule has 0 aliphatic rings. The number of nitrogens with zero attached hydrogens (tertiary/aromatic N) is 2. The van der Waals surface area contributed by atoms with E-state index >= 15 is 0 Å². The van der Waals surface area contributed by atoms with Crippen LogP contribution >= 0.6 is 0 Å². The minimum Gasteiger partial charge on any atom is -0.373 e. The highest BCUT2D eigenvalue weighted by Crippen LogP contribution is 2.24. The quantitative estimate of drug-likeness (QED) is 0.763. The molecule has 3 aromatic rings. The van der Waals surface area contributed by atoms with Crippen LogP contribution in [-0.2, 0) is 4.74 Å². The van der Waals surface area contributed by atoms with E-state index in [4.69, 9.17) is 4.74 Å². The van der Waals surface area contributed by atoms with E-state index in [1.165, 1.54) is 0 Å². The third kappa shape index (κ3) is 2.23. The lowest BCUT2D eigenvalue weighted by Crippen LogP contribution is -2.05. The van der Waals surface area contributed by atoms with Crippen molar-refractivity contribution in [2.45, 2.75) is 6.10 Å². The van der Waals surface area contributed by atoms with Crippen molar-refractivity contribution in [3.05, 3.63) is 53.9 Å². The summed E-state index contributed by atoms with van der Waals surface area (Å²) in [5, 5.41) is 3.01. The number of imidazole rings is 1. The van der Waals surface area contributed by atoms with Gasteiger partial charge in [0.1, 0.15) is 17.7 Å². The minimum atomic E-state index is -0.219.